The molecule has 1 unspecified atom stereocenters. The number of carbonyl (C=O) groups excluding carboxylic acids is 1. The fourth-order valence-electron chi connectivity index (χ4n) is 4.28. The van der Waals surface area contributed by atoms with Gasteiger partial charge in [0.05, 0.1) is 13.2 Å². The van der Waals surface area contributed by atoms with Gasteiger partial charge in [0.2, 0.25) is 0 Å². The number of carbonyl (C=O) groups is 1. The molecule has 0 aromatic carbocycles. The fourth-order valence-corrected chi connectivity index (χ4v) is 4.28. The summed E-state index contributed by atoms with van der Waals surface area (Å²) in [6.45, 7) is 3.19. The smallest absolute Gasteiger partial charge is 0.158 e. The van der Waals surface area contributed by atoms with E-state index in [1.807, 2.05) is 0 Å². The van der Waals surface area contributed by atoms with Crippen molar-refractivity contribution in [1.82, 2.24) is 0 Å². The Balaban J connectivity index is 1.81. The molecule has 0 aliphatic carbocycles. The van der Waals surface area contributed by atoms with Gasteiger partial charge in [0.25, 0.3) is 0 Å². The molecule has 0 bridgehead atoms. The molecule has 0 radical (unpaired) electrons. The first kappa shape index (κ1) is 29.5. The van der Waals surface area contributed by atoms with Crippen LogP contribution in [0.2, 0.25) is 0 Å². The molecule has 1 saturated heterocycles. The van der Waals surface area contributed by atoms with Crippen molar-refractivity contribution in [3.8, 4) is 0 Å². The highest BCUT2D eigenvalue weighted by molar-refractivity contribution is 5.48. The van der Waals surface area contributed by atoms with Gasteiger partial charge in [0, 0.05) is 6.42 Å². The number of unbranched alkanes of at least 4 members (excludes halogenated alkanes) is 16. The summed E-state index contributed by atoms with van der Waals surface area (Å²) >= 11 is 0. The monoisotopic (exact) mass is 456 g/mol. The Morgan fingerprint density at radius 1 is 0.844 bits per heavy atom. The van der Waals surface area contributed by atoms with Gasteiger partial charge in [-0.2, -0.15) is 0 Å². The molecule has 1 aliphatic rings. The van der Waals surface area contributed by atoms with Crippen LogP contribution in [-0.4, -0.2) is 43.3 Å². The van der Waals surface area contributed by atoms with E-state index in [9.17, 15) is 9.90 Å². The highest BCUT2D eigenvalue weighted by Gasteiger charge is 2.26. The molecule has 1 heterocycles. The van der Waals surface area contributed by atoms with Crippen molar-refractivity contribution in [3.05, 3.63) is 0 Å². The highest BCUT2D eigenvalue weighted by Crippen LogP contribution is 2.19. The van der Waals surface area contributed by atoms with Crippen molar-refractivity contribution in [2.24, 2.45) is 0 Å². The number of hydrogen-bond acceptors (Lipinski definition) is 5. The van der Waals surface area contributed by atoms with E-state index in [4.69, 9.17) is 14.2 Å². The third-order valence-electron chi connectivity index (χ3n) is 6.35. The average molecular weight is 457 g/mol. The van der Waals surface area contributed by atoms with E-state index in [1.54, 1.807) is 0 Å². The Labute approximate surface area is 198 Å². The van der Waals surface area contributed by atoms with Crippen LogP contribution in [0.4, 0.5) is 0 Å². The number of aliphatic hydroxyl groups is 1. The summed E-state index contributed by atoms with van der Waals surface area (Å²) in [5.74, 6) is 0. The van der Waals surface area contributed by atoms with Crippen LogP contribution in [0.1, 0.15) is 135 Å². The number of aldehydes is 1. The van der Waals surface area contributed by atoms with Gasteiger partial charge in [0.1, 0.15) is 12.4 Å². The first-order valence-electron chi connectivity index (χ1n) is 13.8. The zero-order valence-corrected chi connectivity index (χ0v) is 20.9. The number of rotatable bonds is 24. The van der Waals surface area contributed by atoms with Gasteiger partial charge in [0.15, 0.2) is 12.6 Å². The zero-order valence-electron chi connectivity index (χ0n) is 20.9. The SMILES string of the molecule is CCCCCCCCCCCCCCCCC[C@H]1OC[C@H](COC(O)CCCCC=O)O1. The van der Waals surface area contributed by atoms with Crippen molar-refractivity contribution >= 4 is 6.29 Å². The molecule has 0 saturated carbocycles. The molecule has 190 valence electrons. The summed E-state index contributed by atoms with van der Waals surface area (Å²) in [4.78, 5) is 10.3. The molecular formula is C27H52O5. The third kappa shape index (κ3) is 18.0. The van der Waals surface area contributed by atoms with Gasteiger partial charge < -0.3 is 24.1 Å². The minimum Gasteiger partial charge on any atom is -0.368 e. The van der Waals surface area contributed by atoms with Gasteiger partial charge in [-0.25, -0.2) is 0 Å². The van der Waals surface area contributed by atoms with Gasteiger partial charge in [-0.1, -0.05) is 96.8 Å². The van der Waals surface area contributed by atoms with Crippen LogP contribution in [0.25, 0.3) is 0 Å². The minimum atomic E-state index is -0.778. The largest absolute Gasteiger partial charge is 0.368 e. The first-order valence-corrected chi connectivity index (χ1v) is 13.8. The normalized spacial score (nSPS) is 19.4. The molecule has 1 fully saturated rings. The van der Waals surface area contributed by atoms with E-state index < -0.39 is 6.29 Å². The quantitative estimate of drug-likeness (QED) is 0.0954. The molecule has 1 N–H and O–H groups in total. The predicted molar refractivity (Wildman–Crippen MR) is 131 cm³/mol. The summed E-state index contributed by atoms with van der Waals surface area (Å²) in [7, 11) is 0. The second-order valence-electron chi connectivity index (χ2n) is 9.50. The van der Waals surface area contributed by atoms with Crippen LogP contribution >= 0.6 is 0 Å². The Kier molecular flexibility index (Phi) is 20.6. The van der Waals surface area contributed by atoms with Gasteiger partial charge >= 0.3 is 0 Å². The zero-order chi connectivity index (χ0) is 23.1. The van der Waals surface area contributed by atoms with Gasteiger partial charge in [-0.3, -0.25) is 0 Å². The molecule has 5 heteroatoms. The lowest BCUT2D eigenvalue weighted by Crippen LogP contribution is -2.23. The molecule has 1 aliphatic heterocycles. The van der Waals surface area contributed by atoms with Crippen molar-refractivity contribution in [1.29, 1.82) is 0 Å². The number of hydrogen-bond donors (Lipinski definition) is 1. The van der Waals surface area contributed by atoms with E-state index in [0.29, 0.717) is 26.1 Å². The lowest BCUT2D eigenvalue weighted by molar-refractivity contribution is -0.136. The Bertz CT molecular complexity index is 404. The molecule has 0 amide bonds. The van der Waals surface area contributed by atoms with Crippen molar-refractivity contribution in [3.63, 3.8) is 0 Å². The molecule has 1 rings (SSSR count). The number of aliphatic hydroxyl groups excluding tert-OH is 1. The number of ether oxygens (including phenoxy) is 3. The van der Waals surface area contributed by atoms with E-state index >= 15 is 0 Å². The maximum Gasteiger partial charge on any atom is 0.158 e. The summed E-state index contributed by atoms with van der Waals surface area (Å²) < 4.78 is 17.0. The summed E-state index contributed by atoms with van der Waals surface area (Å²) in [5, 5.41) is 9.82. The Morgan fingerprint density at radius 2 is 1.41 bits per heavy atom. The van der Waals surface area contributed by atoms with Gasteiger partial charge in [-0.15, -0.1) is 0 Å². The Hall–Kier alpha value is -0.490. The lowest BCUT2D eigenvalue weighted by Gasteiger charge is -2.15. The first-order chi connectivity index (χ1) is 15.8. The topological polar surface area (TPSA) is 65.0 Å². The molecule has 5 nitrogen and oxygen atoms in total. The van der Waals surface area contributed by atoms with Crippen LogP contribution in [0, 0.1) is 0 Å². The van der Waals surface area contributed by atoms with E-state index in [-0.39, 0.29) is 12.4 Å². The summed E-state index contributed by atoms with van der Waals surface area (Å²) in [6, 6.07) is 0. The molecule has 0 spiro atoms. The minimum absolute atomic E-state index is 0.0824. The molecule has 0 aromatic rings. The van der Waals surface area contributed by atoms with Crippen molar-refractivity contribution in [2.45, 2.75) is 154 Å². The summed E-state index contributed by atoms with van der Waals surface area (Å²) in [5.41, 5.74) is 0. The average Bonchev–Trinajstić information content (AvgIpc) is 3.25. The summed E-state index contributed by atoms with van der Waals surface area (Å²) in [6.07, 6.45) is 24.2. The maximum atomic E-state index is 10.3. The molecule has 0 aromatic heterocycles. The lowest BCUT2D eigenvalue weighted by atomic mass is 10.0. The van der Waals surface area contributed by atoms with Crippen LogP contribution in [0.3, 0.4) is 0 Å². The van der Waals surface area contributed by atoms with Crippen molar-refractivity contribution < 1.29 is 24.1 Å². The second kappa shape index (κ2) is 22.3. The third-order valence-corrected chi connectivity index (χ3v) is 6.35. The second-order valence-corrected chi connectivity index (χ2v) is 9.50. The van der Waals surface area contributed by atoms with Crippen LogP contribution in [-0.2, 0) is 19.0 Å². The van der Waals surface area contributed by atoms with Crippen LogP contribution < -0.4 is 0 Å². The standard InChI is InChI=1S/C27H52O5/c1-2-3-4-5-6-7-8-9-10-11-12-13-14-15-18-21-27-31-24-25(32-27)23-30-26(29)20-17-16-19-22-28/h22,25-27,29H,2-21,23-24H2,1H3/t25-,26?,27-/m0/s1. The predicted octanol–water partition coefficient (Wildman–Crippen LogP) is 7.08. The van der Waals surface area contributed by atoms with E-state index in [1.165, 1.54) is 89.9 Å². The van der Waals surface area contributed by atoms with Gasteiger partial charge in [-0.05, 0) is 32.1 Å². The molecule has 32 heavy (non-hydrogen) atoms. The van der Waals surface area contributed by atoms with Crippen LogP contribution in [0.15, 0.2) is 0 Å². The Morgan fingerprint density at radius 3 is 1.97 bits per heavy atom. The van der Waals surface area contributed by atoms with Crippen molar-refractivity contribution in [2.75, 3.05) is 13.2 Å². The van der Waals surface area contributed by atoms with Crippen LogP contribution in [0.5, 0.6) is 0 Å². The maximum absolute atomic E-state index is 10.3. The highest BCUT2D eigenvalue weighted by atomic mass is 16.7. The van der Waals surface area contributed by atoms with E-state index in [0.717, 1.165) is 32.0 Å². The fraction of sp³-hybridized carbons (Fsp3) is 0.963. The molecule has 3 atom stereocenters. The van der Waals surface area contributed by atoms with E-state index in [2.05, 4.69) is 6.92 Å². The molecular weight excluding hydrogens is 404 g/mol.